The minimum Gasteiger partial charge on any atom is -0.378 e. The summed E-state index contributed by atoms with van der Waals surface area (Å²) < 4.78 is 0. The maximum Gasteiger partial charge on any atom is 0.256 e. The molecule has 2 aliphatic rings. The van der Waals surface area contributed by atoms with Crippen LogP contribution in [0.3, 0.4) is 0 Å². The number of anilines is 1. The van der Waals surface area contributed by atoms with Crippen LogP contribution in [0.25, 0.3) is 11.1 Å². The SMILES string of the molecule is O=C1Nc2ccc(-c3ccc(Cl)cc3)cc2C(=O)N2CCN(C(=O)C(O)c3cccc(Cl)c3)CC12. The van der Waals surface area contributed by atoms with Crippen LogP contribution in [0.5, 0.6) is 0 Å². The molecule has 2 atom stereocenters. The zero-order chi connectivity index (χ0) is 24.7. The van der Waals surface area contributed by atoms with Crippen LogP contribution in [0.2, 0.25) is 10.0 Å². The molecule has 2 aliphatic heterocycles. The topological polar surface area (TPSA) is 90.0 Å². The Kier molecular flexibility index (Phi) is 6.23. The van der Waals surface area contributed by atoms with Crippen molar-refractivity contribution < 1.29 is 19.5 Å². The van der Waals surface area contributed by atoms with Gasteiger partial charge in [0.25, 0.3) is 11.8 Å². The predicted octanol–water partition coefficient (Wildman–Crippen LogP) is 4.00. The van der Waals surface area contributed by atoms with Crippen molar-refractivity contribution in [3.05, 3.63) is 87.9 Å². The van der Waals surface area contributed by atoms with Crippen molar-refractivity contribution in [2.45, 2.75) is 12.1 Å². The fourth-order valence-electron chi connectivity index (χ4n) is 4.47. The van der Waals surface area contributed by atoms with Crippen LogP contribution in [0.4, 0.5) is 5.69 Å². The van der Waals surface area contributed by atoms with E-state index in [9.17, 15) is 19.5 Å². The molecule has 0 radical (unpaired) electrons. The maximum absolute atomic E-state index is 13.5. The molecule has 2 unspecified atom stereocenters. The average molecular weight is 510 g/mol. The van der Waals surface area contributed by atoms with Gasteiger partial charge in [0, 0.05) is 23.1 Å². The number of fused-ring (bicyclic) bond motifs is 2. The first-order valence-corrected chi connectivity index (χ1v) is 11.8. The molecule has 1 saturated heterocycles. The van der Waals surface area contributed by atoms with E-state index < -0.39 is 18.1 Å². The van der Waals surface area contributed by atoms with Crippen molar-refractivity contribution in [2.24, 2.45) is 0 Å². The average Bonchev–Trinajstić information content (AvgIpc) is 2.97. The largest absolute Gasteiger partial charge is 0.378 e. The van der Waals surface area contributed by atoms with Crippen molar-refractivity contribution in [3.8, 4) is 11.1 Å². The molecule has 3 aromatic rings. The number of hydrogen-bond donors (Lipinski definition) is 2. The third kappa shape index (κ3) is 4.50. The Morgan fingerprint density at radius 3 is 2.43 bits per heavy atom. The van der Waals surface area contributed by atoms with E-state index >= 15 is 0 Å². The van der Waals surface area contributed by atoms with Gasteiger partial charge in [-0.2, -0.15) is 0 Å². The van der Waals surface area contributed by atoms with E-state index in [1.807, 2.05) is 18.2 Å². The molecule has 3 aromatic carbocycles. The molecule has 0 aliphatic carbocycles. The van der Waals surface area contributed by atoms with Crippen LogP contribution in [0.1, 0.15) is 22.0 Å². The Labute approximate surface area is 211 Å². The zero-order valence-corrected chi connectivity index (χ0v) is 20.0. The van der Waals surface area contributed by atoms with Gasteiger partial charge in [-0.1, -0.05) is 53.5 Å². The zero-order valence-electron chi connectivity index (χ0n) is 18.4. The summed E-state index contributed by atoms with van der Waals surface area (Å²) in [5.74, 6) is -1.22. The first-order chi connectivity index (χ1) is 16.8. The third-order valence-electron chi connectivity index (χ3n) is 6.34. The highest BCUT2D eigenvalue weighted by Crippen LogP contribution is 2.31. The molecule has 0 spiro atoms. The van der Waals surface area contributed by atoms with Gasteiger partial charge >= 0.3 is 0 Å². The quantitative estimate of drug-likeness (QED) is 0.558. The van der Waals surface area contributed by atoms with Crippen molar-refractivity contribution >= 4 is 46.6 Å². The third-order valence-corrected chi connectivity index (χ3v) is 6.83. The molecular weight excluding hydrogens is 489 g/mol. The van der Waals surface area contributed by atoms with Crippen molar-refractivity contribution in [2.75, 3.05) is 25.0 Å². The number of benzene rings is 3. The van der Waals surface area contributed by atoms with Crippen molar-refractivity contribution in [1.82, 2.24) is 9.80 Å². The number of amides is 3. The van der Waals surface area contributed by atoms with Crippen LogP contribution in [-0.2, 0) is 9.59 Å². The molecule has 9 heteroatoms. The smallest absolute Gasteiger partial charge is 0.256 e. The standard InChI is InChI=1S/C26H21Cl2N3O4/c27-18-7-4-15(5-8-18)16-6-9-21-20(13-16)25(34)31-11-10-30(14-22(31)24(33)29-21)26(35)23(32)17-2-1-3-19(28)12-17/h1-9,12-13,22-23,32H,10-11,14H2,(H,29,33). The van der Waals surface area contributed by atoms with E-state index in [1.165, 1.54) is 15.9 Å². The van der Waals surface area contributed by atoms with Gasteiger partial charge in [0.1, 0.15) is 6.04 Å². The maximum atomic E-state index is 13.5. The summed E-state index contributed by atoms with van der Waals surface area (Å²) in [5.41, 5.74) is 2.88. The normalized spacial score (nSPS) is 18.3. The molecule has 2 N–H and O–H groups in total. The second-order valence-electron chi connectivity index (χ2n) is 8.51. The highest BCUT2D eigenvalue weighted by molar-refractivity contribution is 6.31. The lowest BCUT2D eigenvalue weighted by molar-refractivity contribution is -0.144. The van der Waals surface area contributed by atoms with Crippen LogP contribution in [0.15, 0.2) is 66.7 Å². The molecule has 0 bridgehead atoms. The molecule has 5 rings (SSSR count). The fraction of sp³-hybridized carbons (Fsp3) is 0.192. The number of hydrogen-bond acceptors (Lipinski definition) is 4. The van der Waals surface area contributed by atoms with E-state index in [-0.39, 0.29) is 31.4 Å². The number of aliphatic hydroxyl groups is 1. The minimum atomic E-state index is -1.41. The second-order valence-corrected chi connectivity index (χ2v) is 9.39. The molecule has 3 amide bonds. The molecule has 1 fully saturated rings. The molecule has 0 aromatic heterocycles. The summed E-state index contributed by atoms with van der Waals surface area (Å²) in [6, 6.07) is 18.1. The Morgan fingerprint density at radius 2 is 1.69 bits per heavy atom. The Bertz CT molecular complexity index is 1330. The molecule has 178 valence electrons. The fourth-order valence-corrected chi connectivity index (χ4v) is 4.79. The van der Waals surface area contributed by atoms with Gasteiger partial charge in [-0.15, -0.1) is 0 Å². The van der Waals surface area contributed by atoms with Crippen LogP contribution in [-0.4, -0.2) is 58.3 Å². The number of halogens is 2. The predicted molar refractivity (Wildman–Crippen MR) is 133 cm³/mol. The lowest BCUT2D eigenvalue weighted by Gasteiger charge is -2.40. The number of carbonyl (C=O) groups is 3. The van der Waals surface area contributed by atoms with Gasteiger partial charge in [0.2, 0.25) is 5.91 Å². The number of nitrogens with zero attached hydrogens (tertiary/aromatic N) is 2. The highest BCUT2D eigenvalue weighted by atomic mass is 35.5. The minimum absolute atomic E-state index is 0.0218. The van der Waals surface area contributed by atoms with E-state index in [0.717, 1.165) is 11.1 Å². The number of piperazine rings is 1. The van der Waals surface area contributed by atoms with Gasteiger partial charge < -0.3 is 20.2 Å². The van der Waals surface area contributed by atoms with E-state index in [0.29, 0.717) is 26.9 Å². The second kappa shape index (κ2) is 9.34. The highest BCUT2D eigenvalue weighted by Gasteiger charge is 2.41. The molecule has 2 heterocycles. The molecule has 35 heavy (non-hydrogen) atoms. The Hall–Kier alpha value is -3.39. The van der Waals surface area contributed by atoms with Gasteiger partial charge in [0.05, 0.1) is 17.8 Å². The summed E-state index contributed by atoms with van der Waals surface area (Å²) in [5, 5.41) is 14.4. The van der Waals surface area contributed by atoms with E-state index in [1.54, 1.807) is 42.5 Å². The Morgan fingerprint density at radius 1 is 0.943 bits per heavy atom. The van der Waals surface area contributed by atoms with Gasteiger partial charge in [-0.3, -0.25) is 14.4 Å². The first-order valence-electron chi connectivity index (χ1n) is 11.1. The van der Waals surface area contributed by atoms with Crippen molar-refractivity contribution in [3.63, 3.8) is 0 Å². The summed E-state index contributed by atoms with van der Waals surface area (Å²) in [7, 11) is 0. The Balaban J connectivity index is 1.38. The monoisotopic (exact) mass is 509 g/mol. The number of nitrogens with one attached hydrogen (secondary N) is 1. The van der Waals surface area contributed by atoms with Gasteiger partial charge in [-0.05, 0) is 53.1 Å². The van der Waals surface area contributed by atoms with Crippen LogP contribution < -0.4 is 5.32 Å². The molecular formula is C26H21Cl2N3O4. The van der Waals surface area contributed by atoms with Crippen molar-refractivity contribution in [1.29, 1.82) is 0 Å². The van der Waals surface area contributed by atoms with Gasteiger partial charge in [0.15, 0.2) is 6.10 Å². The summed E-state index contributed by atoms with van der Waals surface area (Å²) in [6.45, 7) is 0.333. The van der Waals surface area contributed by atoms with Crippen LogP contribution in [0, 0.1) is 0 Å². The molecule has 7 nitrogen and oxygen atoms in total. The number of carbonyl (C=O) groups excluding carboxylic acids is 3. The van der Waals surface area contributed by atoms with E-state index in [4.69, 9.17) is 23.2 Å². The first kappa shape index (κ1) is 23.4. The van der Waals surface area contributed by atoms with E-state index in [2.05, 4.69) is 5.32 Å². The summed E-state index contributed by atoms with van der Waals surface area (Å²) in [4.78, 5) is 42.4. The van der Waals surface area contributed by atoms with Crippen LogP contribution >= 0.6 is 23.2 Å². The summed E-state index contributed by atoms with van der Waals surface area (Å²) >= 11 is 12.0. The number of aliphatic hydroxyl groups excluding tert-OH is 1. The summed E-state index contributed by atoms with van der Waals surface area (Å²) in [6.07, 6.45) is -1.41. The lowest BCUT2D eigenvalue weighted by Crippen LogP contribution is -2.60. The lowest BCUT2D eigenvalue weighted by atomic mass is 10.0. The van der Waals surface area contributed by atoms with Gasteiger partial charge in [-0.25, -0.2) is 0 Å². The molecule has 0 saturated carbocycles. The number of rotatable bonds is 3.